The fourth-order valence-electron chi connectivity index (χ4n) is 2.58. The van der Waals surface area contributed by atoms with E-state index in [1.165, 1.54) is 22.6 Å². The van der Waals surface area contributed by atoms with Crippen molar-refractivity contribution in [1.82, 2.24) is 9.29 Å². The third-order valence-corrected chi connectivity index (χ3v) is 5.87. The van der Waals surface area contributed by atoms with Crippen LogP contribution in [0.4, 0.5) is 0 Å². The quantitative estimate of drug-likeness (QED) is 0.774. The van der Waals surface area contributed by atoms with Gasteiger partial charge in [0.05, 0.1) is 4.90 Å². The van der Waals surface area contributed by atoms with Crippen LogP contribution in [0.3, 0.4) is 0 Å². The number of hydrogen-bond acceptors (Lipinski definition) is 4. The number of phenols is 1. The van der Waals surface area contributed by atoms with Crippen molar-refractivity contribution in [2.45, 2.75) is 11.3 Å². The highest BCUT2D eigenvalue weighted by molar-refractivity contribution is 7.89. The largest absolute Gasteiger partial charge is 0.506 e. The van der Waals surface area contributed by atoms with Crippen molar-refractivity contribution >= 4 is 20.9 Å². The molecule has 0 amide bonds. The van der Waals surface area contributed by atoms with Crippen molar-refractivity contribution in [3.63, 3.8) is 0 Å². The van der Waals surface area contributed by atoms with Crippen LogP contribution in [0.25, 0.3) is 10.9 Å². The van der Waals surface area contributed by atoms with Crippen LogP contribution in [0.2, 0.25) is 0 Å². The molecule has 0 unspecified atom stereocenters. The van der Waals surface area contributed by atoms with Crippen LogP contribution in [-0.4, -0.2) is 36.4 Å². The van der Waals surface area contributed by atoms with E-state index in [9.17, 15) is 13.5 Å². The number of nitrogens with zero attached hydrogens (tertiary/aromatic N) is 2. The highest BCUT2D eigenvalue weighted by Crippen LogP contribution is 2.29. The lowest BCUT2D eigenvalue weighted by atomic mass is 10.2. The molecule has 124 valence electrons. The van der Waals surface area contributed by atoms with Crippen molar-refractivity contribution in [2.24, 2.45) is 0 Å². The molecule has 24 heavy (non-hydrogen) atoms. The molecule has 0 bridgehead atoms. The first-order valence-electron chi connectivity index (χ1n) is 7.57. The van der Waals surface area contributed by atoms with E-state index in [1.807, 2.05) is 30.3 Å². The molecule has 1 heterocycles. The Balaban J connectivity index is 1.92. The molecule has 3 aromatic rings. The minimum atomic E-state index is -3.67. The van der Waals surface area contributed by atoms with Crippen LogP contribution in [0, 0.1) is 0 Å². The molecule has 0 spiro atoms. The highest BCUT2D eigenvalue weighted by atomic mass is 32.2. The molecule has 0 atom stereocenters. The van der Waals surface area contributed by atoms with Crippen molar-refractivity contribution < 1.29 is 13.5 Å². The van der Waals surface area contributed by atoms with E-state index < -0.39 is 10.0 Å². The van der Waals surface area contributed by atoms with Gasteiger partial charge >= 0.3 is 0 Å². The van der Waals surface area contributed by atoms with Gasteiger partial charge in [0.2, 0.25) is 10.0 Å². The summed E-state index contributed by atoms with van der Waals surface area (Å²) in [6.45, 7) is 0.370. The maximum atomic E-state index is 12.9. The zero-order valence-corrected chi connectivity index (χ0v) is 14.1. The Morgan fingerprint density at radius 2 is 1.79 bits per heavy atom. The molecule has 0 fully saturated rings. The van der Waals surface area contributed by atoms with Crippen molar-refractivity contribution in [3.8, 4) is 5.75 Å². The minimum absolute atomic E-state index is 0.0310. The second kappa shape index (κ2) is 6.59. The van der Waals surface area contributed by atoms with Crippen LogP contribution in [-0.2, 0) is 16.4 Å². The average Bonchev–Trinajstić information content (AvgIpc) is 2.61. The Morgan fingerprint density at radius 3 is 2.54 bits per heavy atom. The number of sulfonamides is 1. The summed E-state index contributed by atoms with van der Waals surface area (Å²) in [5.41, 5.74) is 1.37. The standard InChI is InChI=1S/C18H18N2O3S/c1-20(13-11-14-6-3-2-4-7-14)24(22,23)17-10-9-16(21)18-15(17)8-5-12-19-18/h2-10,12,21H,11,13H2,1H3. The molecule has 0 aliphatic heterocycles. The zero-order valence-electron chi connectivity index (χ0n) is 13.3. The van der Waals surface area contributed by atoms with Crippen LogP contribution >= 0.6 is 0 Å². The van der Waals surface area contributed by atoms with Gasteiger partial charge in [-0.3, -0.25) is 4.98 Å². The Labute approximate surface area is 141 Å². The van der Waals surface area contributed by atoms with Gasteiger partial charge in [0.15, 0.2) is 0 Å². The van der Waals surface area contributed by atoms with Crippen molar-refractivity contribution in [2.75, 3.05) is 13.6 Å². The lowest BCUT2D eigenvalue weighted by molar-refractivity contribution is 0.472. The van der Waals surface area contributed by atoms with Gasteiger partial charge in [-0.15, -0.1) is 0 Å². The van der Waals surface area contributed by atoms with Crippen molar-refractivity contribution in [1.29, 1.82) is 0 Å². The van der Waals surface area contributed by atoms with Crippen molar-refractivity contribution in [3.05, 3.63) is 66.4 Å². The Kier molecular flexibility index (Phi) is 4.51. The van der Waals surface area contributed by atoms with Crippen LogP contribution in [0.5, 0.6) is 5.75 Å². The summed E-state index contributed by atoms with van der Waals surface area (Å²) in [5.74, 6) is -0.0310. The molecular formula is C18H18N2O3S. The molecule has 0 radical (unpaired) electrons. The molecule has 0 aliphatic rings. The normalized spacial score (nSPS) is 11.9. The number of rotatable bonds is 5. The molecule has 0 saturated carbocycles. The molecule has 3 rings (SSSR count). The number of aromatic hydroxyl groups is 1. The predicted octanol–water partition coefficient (Wildman–Crippen LogP) is 2.80. The predicted molar refractivity (Wildman–Crippen MR) is 93.4 cm³/mol. The van der Waals surface area contributed by atoms with Gasteiger partial charge in [0.1, 0.15) is 11.3 Å². The third kappa shape index (κ3) is 3.11. The fraction of sp³-hybridized carbons (Fsp3) is 0.167. The first kappa shape index (κ1) is 16.4. The Bertz CT molecular complexity index is 956. The molecule has 1 aromatic heterocycles. The maximum absolute atomic E-state index is 12.9. The van der Waals surface area contributed by atoms with Crippen LogP contribution in [0.1, 0.15) is 5.56 Å². The Morgan fingerprint density at radius 1 is 1.04 bits per heavy atom. The number of benzene rings is 2. The van der Waals surface area contributed by atoms with E-state index in [1.54, 1.807) is 19.2 Å². The van der Waals surface area contributed by atoms with Crippen LogP contribution in [0.15, 0.2) is 65.7 Å². The smallest absolute Gasteiger partial charge is 0.243 e. The third-order valence-electron chi connectivity index (χ3n) is 3.95. The SMILES string of the molecule is CN(CCc1ccccc1)S(=O)(=O)c1ccc(O)c2ncccc12. The average molecular weight is 342 g/mol. The number of likely N-dealkylation sites (N-methyl/N-ethyl adjacent to an activating group) is 1. The van der Waals surface area contributed by atoms with E-state index in [0.29, 0.717) is 18.4 Å². The molecule has 6 heteroatoms. The molecule has 0 saturated heterocycles. The van der Waals surface area contributed by atoms with E-state index in [-0.39, 0.29) is 16.2 Å². The molecule has 1 N–H and O–H groups in total. The van der Waals surface area contributed by atoms with Gasteiger partial charge < -0.3 is 5.11 Å². The fourth-order valence-corrected chi connectivity index (χ4v) is 3.93. The number of hydrogen-bond donors (Lipinski definition) is 1. The van der Waals surface area contributed by atoms with Gasteiger partial charge in [-0.25, -0.2) is 12.7 Å². The van der Waals surface area contributed by atoms with Gasteiger partial charge in [-0.2, -0.15) is 0 Å². The Hall–Kier alpha value is -2.44. The number of fused-ring (bicyclic) bond motifs is 1. The zero-order chi connectivity index (χ0) is 17.2. The number of aromatic nitrogens is 1. The van der Waals surface area contributed by atoms with E-state index >= 15 is 0 Å². The molecular weight excluding hydrogens is 324 g/mol. The lowest BCUT2D eigenvalue weighted by Crippen LogP contribution is -2.29. The molecule has 2 aromatic carbocycles. The lowest BCUT2D eigenvalue weighted by Gasteiger charge is -2.18. The first-order chi connectivity index (χ1) is 11.5. The maximum Gasteiger partial charge on any atom is 0.243 e. The number of phenolic OH excluding ortho intramolecular Hbond substituents is 1. The van der Waals surface area contributed by atoms with Crippen LogP contribution < -0.4 is 0 Å². The summed E-state index contributed by atoms with van der Waals surface area (Å²) < 4.78 is 27.1. The van der Waals surface area contributed by atoms with Gasteiger partial charge in [0.25, 0.3) is 0 Å². The first-order valence-corrected chi connectivity index (χ1v) is 9.01. The monoisotopic (exact) mass is 342 g/mol. The van der Waals surface area contributed by atoms with Gasteiger partial charge in [-0.1, -0.05) is 30.3 Å². The summed E-state index contributed by atoms with van der Waals surface area (Å²) in [4.78, 5) is 4.23. The van der Waals surface area contributed by atoms with E-state index in [2.05, 4.69) is 4.98 Å². The topological polar surface area (TPSA) is 70.5 Å². The summed E-state index contributed by atoms with van der Waals surface area (Å²) in [7, 11) is -2.11. The number of pyridine rings is 1. The minimum Gasteiger partial charge on any atom is -0.506 e. The highest BCUT2D eigenvalue weighted by Gasteiger charge is 2.24. The van der Waals surface area contributed by atoms with E-state index in [0.717, 1.165) is 5.56 Å². The second-order valence-electron chi connectivity index (χ2n) is 5.54. The molecule has 5 nitrogen and oxygen atoms in total. The van der Waals surface area contributed by atoms with Gasteiger partial charge in [-0.05, 0) is 36.2 Å². The summed E-state index contributed by atoms with van der Waals surface area (Å²) in [5, 5.41) is 10.3. The molecule has 0 aliphatic carbocycles. The van der Waals surface area contributed by atoms with E-state index in [4.69, 9.17) is 0 Å². The summed E-state index contributed by atoms with van der Waals surface area (Å²) in [6.07, 6.45) is 2.16. The summed E-state index contributed by atoms with van der Waals surface area (Å²) >= 11 is 0. The van der Waals surface area contributed by atoms with Gasteiger partial charge in [0, 0.05) is 25.2 Å². The summed E-state index contributed by atoms with van der Waals surface area (Å²) in [6, 6.07) is 15.8. The second-order valence-corrected chi connectivity index (χ2v) is 7.56.